The third-order valence-corrected chi connectivity index (χ3v) is 4.42. The fourth-order valence-electron chi connectivity index (χ4n) is 2.35. The molecule has 2 aromatic heterocycles. The number of rotatable bonds is 5. The molecular weight excluding hydrogens is 304 g/mol. The van der Waals surface area contributed by atoms with Crippen molar-refractivity contribution in [1.29, 1.82) is 0 Å². The molecule has 22 heavy (non-hydrogen) atoms. The van der Waals surface area contributed by atoms with E-state index < -0.39 is 0 Å². The molecule has 3 rings (SSSR count). The van der Waals surface area contributed by atoms with Crippen LogP contribution in [0.4, 0.5) is 0 Å². The van der Waals surface area contributed by atoms with Crippen molar-refractivity contribution in [3.63, 3.8) is 0 Å². The number of aryl methyl sites for hydroxylation is 1. The maximum absolute atomic E-state index is 12.2. The first-order chi connectivity index (χ1) is 10.6. The minimum atomic E-state index is -0.215. The van der Waals surface area contributed by atoms with Crippen LogP contribution in [0.5, 0.6) is 0 Å². The molecule has 0 radical (unpaired) electrons. The van der Waals surface area contributed by atoms with Crippen LogP contribution < -0.4 is 5.32 Å². The number of carbonyl (C=O) groups excluding carboxylic acids is 1. The largest absolute Gasteiger partial charge is 0.376 e. The Labute approximate surface area is 132 Å². The summed E-state index contributed by atoms with van der Waals surface area (Å²) >= 11 is 1.17. The molecule has 0 aromatic carbocycles. The Morgan fingerprint density at radius 3 is 3.00 bits per heavy atom. The van der Waals surface area contributed by atoms with Crippen molar-refractivity contribution in [2.45, 2.75) is 39.3 Å². The van der Waals surface area contributed by atoms with Crippen molar-refractivity contribution in [1.82, 2.24) is 29.1 Å². The van der Waals surface area contributed by atoms with Crippen LogP contribution in [-0.4, -0.2) is 48.9 Å². The van der Waals surface area contributed by atoms with Crippen LogP contribution in [-0.2, 0) is 11.3 Å². The highest BCUT2D eigenvalue weighted by Gasteiger charge is 2.20. The van der Waals surface area contributed by atoms with E-state index >= 15 is 0 Å². The van der Waals surface area contributed by atoms with E-state index in [0.29, 0.717) is 18.8 Å². The summed E-state index contributed by atoms with van der Waals surface area (Å²) in [5.74, 6) is -0.215. The highest BCUT2D eigenvalue weighted by molar-refractivity contribution is 6.99. The topological polar surface area (TPSA) is 94.8 Å². The molecule has 1 unspecified atom stereocenters. The van der Waals surface area contributed by atoms with Crippen LogP contribution in [0, 0.1) is 13.8 Å². The molecule has 2 aromatic rings. The van der Waals surface area contributed by atoms with Gasteiger partial charge in [-0.1, -0.05) is 5.21 Å². The number of hydrogen-bond donors (Lipinski definition) is 1. The summed E-state index contributed by atoms with van der Waals surface area (Å²) in [7, 11) is 0. The second-order valence-electron chi connectivity index (χ2n) is 5.32. The molecule has 3 heterocycles. The SMILES string of the molecule is Cc1nsnc1Cn1nnc(C(=O)NCC2CCCO2)c1C. The highest BCUT2D eigenvalue weighted by atomic mass is 32.1. The normalized spacial score (nSPS) is 17.8. The van der Waals surface area contributed by atoms with E-state index in [1.807, 2.05) is 13.8 Å². The lowest BCUT2D eigenvalue weighted by molar-refractivity contribution is 0.0853. The minimum absolute atomic E-state index is 0.114. The second-order valence-corrected chi connectivity index (χ2v) is 5.85. The number of amides is 1. The predicted molar refractivity (Wildman–Crippen MR) is 79.8 cm³/mol. The summed E-state index contributed by atoms with van der Waals surface area (Å²) in [4.78, 5) is 12.2. The van der Waals surface area contributed by atoms with Gasteiger partial charge in [0.2, 0.25) is 0 Å². The van der Waals surface area contributed by atoms with E-state index in [-0.39, 0.29) is 12.0 Å². The van der Waals surface area contributed by atoms with E-state index in [1.165, 1.54) is 11.7 Å². The van der Waals surface area contributed by atoms with Gasteiger partial charge in [-0.3, -0.25) is 4.79 Å². The van der Waals surface area contributed by atoms with Crippen molar-refractivity contribution in [2.75, 3.05) is 13.2 Å². The summed E-state index contributed by atoms with van der Waals surface area (Å²) in [5, 5.41) is 10.9. The van der Waals surface area contributed by atoms with Crippen LogP contribution in [0.2, 0.25) is 0 Å². The van der Waals surface area contributed by atoms with Gasteiger partial charge in [-0.15, -0.1) is 5.10 Å². The number of carbonyl (C=O) groups is 1. The average molecular weight is 322 g/mol. The lowest BCUT2D eigenvalue weighted by Crippen LogP contribution is -2.32. The molecule has 1 fully saturated rings. The minimum Gasteiger partial charge on any atom is -0.376 e. The maximum atomic E-state index is 12.2. The van der Waals surface area contributed by atoms with Gasteiger partial charge in [0, 0.05) is 13.2 Å². The van der Waals surface area contributed by atoms with E-state index in [0.717, 1.165) is 36.5 Å². The number of hydrogen-bond acceptors (Lipinski definition) is 7. The van der Waals surface area contributed by atoms with Gasteiger partial charge in [0.15, 0.2) is 5.69 Å². The van der Waals surface area contributed by atoms with Gasteiger partial charge >= 0.3 is 0 Å². The van der Waals surface area contributed by atoms with E-state index in [2.05, 4.69) is 24.4 Å². The second kappa shape index (κ2) is 6.49. The summed E-state index contributed by atoms with van der Waals surface area (Å²) in [6, 6.07) is 0. The molecule has 0 saturated carbocycles. The number of nitrogens with zero attached hydrogens (tertiary/aromatic N) is 5. The van der Waals surface area contributed by atoms with Crippen molar-refractivity contribution in [3.8, 4) is 0 Å². The summed E-state index contributed by atoms with van der Waals surface area (Å²) < 4.78 is 15.5. The predicted octanol–water partition coefficient (Wildman–Crippen LogP) is 0.704. The first-order valence-electron chi connectivity index (χ1n) is 7.23. The van der Waals surface area contributed by atoms with Crippen LogP contribution in [0.3, 0.4) is 0 Å². The fourth-order valence-corrected chi connectivity index (χ4v) is 2.91. The van der Waals surface area contributed by atoms with E-state index in [4.69, 9.17) is 4.74 Å². The van der Waals surface area contributed by atoms with Crippen molar-refractivity contribution >= 4 is 17.6 Å². The Bertz CT molecular complexity index is 661. The lowest BCUT2D eigenvalue weighted by Gasteiger charge is -2.09. The summed E-state index contributed by atoms with van der Waals surface area (Å²) in [6.45, 7) is 5.49. The molecule has 1 atom stereocenters. The maximum Gasteiger partial charge on any atom is 0.273 e. The third-order valence-electron chi connectivity index (χ3n) is 3.76. The highest BCUT2D eigenvalue weighted by Crippen LogP contribution is 2.12. The molecule has 1 aliphatic rings. The van der Waals surface area contributed by atoms with Crippen molar-refractivity contribution < 1.29 is 9.53 Å². The Hall–Kier alpha value is -1.87. The average Bonchev–Trinajstić information content (AvgIpc) is 3.22. The molecular formula is C13H18N6O2S. The number of ether oxygens (including phenoxy) is 1. The van der Waals surface area contributed by atoms with E-state index in [1.54, 1.807) is 4.68 Å². The van der Waals surface area contributed by atoms with Gasteiger partial charge in [-0.25, -0.2) is 4.68 Å². The molecule has 9 heteroatoms. The molecule has 0 aliphatic carbocycles. The zero-order valence-corrected chi connectivity index (χ0v) is 13.4. The number of aromatic nitrogens is 5. The lowest BCUT2D eigenvalue weighted by atomic mass is 10.2. The molecule has 0 bridgehead atoms. The fraction of sp³-hybridized carbons (Fsp3) is 0.615. The van der Waals surface area contributed by atoms with E-state index in [9.17, 15) is 4.79 Å². The molecule has 1 amide bonds. The molecule has 118 valence electrons. The van der Waals surface area contributed by atoms with Gasteiger partial charge in [0.1, 0.15) is 0 Å². The quantitative estimate of drug-likeness (QED) is 0.871. The first kappa shape index (κ1) is 15.0. The Kier molecular flexibility index (Phi) is 4.44. The van der Waals surface area contributed by atoms with Gasteiger partial charge in [-0.2, -0.15) is 8.75 Å². The Balaban J connectivity index is 1.64. The van der Waals surface area contributed by atoms with Crippen LogP contribution in [0.25, 0.3) is 0 Å². The van der Waals surface area contributed by atoms with Gasteiger partial charge in [0.25, 0.3) is 5.91 Å². The van der Waals surface area contributed by atoms with Crippen molar-refractivity contribution in [3.05, 3.63) is 22.8 Å². The third kappa shape index (κ3) is 3.14. The molecule has 1 aliphatic heterocycles. The van der Waals surface area contributed by atoms with Crippen LogP contribution >= 0.6 is 11.7 Å². The van der Waals surface area contributed by atoms with Gasteiger partial charge < -0.3 is 10.1 Å². The Morgan fingerprint density at radius 2 is 2.32 bits per heavy atom. The van der Waals surface area contributed by atoms with Crippen LogP contribution in [0.15, 0.2) is 0 Å². The Morgan fingerprint density at radius 1 is 1.45 bits per heavy atom. The first-order valence-corrected chi connectivity index (χ1v) is 7.96. The van der Waals surface area contributed by atoms with Crippen LogP contribution in [0.1, 0.15) is 40.4 Å². The summed E-state index contributed by atoms with van der Waals surface area (Å²) in [6.07, 6.45) is 2.15. The molecule has 1 N–H and O–H groups in total. The molecule has 0 spiro atoms. The zero-order valence-electron chi connectivity index (χ0n) is 12.6. The van der Waals surface area contributed by atoms with Gasteiger partial charge in [0.05, 0.1) is 41.5 Å². The monoisotopic (exact) mass is 322 g/mol. The van der Waals surface area contributed by atoms with Crippen molar-refractivity contribution in [2.24, 2.45) is 0 Å². The number of nitrogens with one attached hydrogen (secondary N) is 1. The summed E-state index contributed by atoms with van der Waals surface area (Å²) in [5.41, 5.74) is 2.80. The standard InChI is InChI=1S/C13H18N6O2S/c1-8-11(17-22-16-8)7-19-9(2)12(15-18-19)13(20)14-6-10-4-3-5-21-10/h10H,3-7H2,1-2H3,(H,14,20). The van der Waals surface area contributed by atoms with Gasteiger partial charge in [-0.05, 0) is 26.7 Å². The molecule has 8 nitrogen and oxygen atoms in total. The smallest absolute Gasteiger partial charge is 0.273 e. The molecule has 1 saturated heterocycles. The zero-order chi connectivity index (χ0) is 15.5.